The van der Waals surface area contributed by atoms with E-state index in [-0.39, 0.29) is 11.6 Å². The van der Waals surface area contributed by atoms with Gasteiger partial charge < -0.3 is 5.32 Å². The lowest BCUT2D eigenvalue weighted by molar-refractivity contribution is -0.137. The first kappa shape index (κ1) is 24.9. The minimum absolute atomic E-state index is 0.263. The van der Waals surface area contributed by atoms with Gasteiger partial charge in [-0.05, 0) is 42.8 Å². The Balaban J connectivity index is 2.19. The maximum absolute atomic E-state index is 13.0. The van der Waals surface area contributed by atoms with E-state index in [1.165, 1.54) is 6.92 Å². The molecule has 0 fully saturated rings. The van der Waals surface area contributed by atoms with E-state index in [0.717, 1.165) is 24.5 Å². The van der Waals surface area contributed by atoms with Crippen molar-refractivity contribution in [3.8, 4) is 0 Å². The van der Waals surface area contributed by atoms with Gasteiger partial charge in [0.2, 0.25) is 15.9 Å². The van der Waals surface area contributed by atoms with Crippen molar-refractivity contribution in [2.45, 2.75) is 20.0 Å². The van der Waals surface area contributed by atoms with Gasteiger partial charge in [0.15, 0.2) is 0 Å². The maximum Gasteiger partial charge on any atom is 0.416 e. The van der Waals surface area contributed by atoms with Crippen molar-refractivity contribution >= 4 is 38.9 Å². The molecule has 0 atom stereocenters. The number of alkyl halides is 3. The van der Waals surface area contributed by atoms with Crippen LogP contribution in [0.15, 0.2) is 53.6 Å². The summed E-state index contributed by atoms with van der Waals surface area (Å²) in [7, 11) is -4.07. The third kappa shape index (κ3) is 7.08. The van der Waals surface area contributed by atoms with Crippen molar-refractivity contribution in [1.82, 2.24) is 5.43 Å². The Kier molecular flexibility index (Phi) is 7.62. The monoisotopic (exact) mass is 470 g/mol. The Hall–Kier alpha value is -3.41. The van der Waals surface area contributed by atoms with Crippen LogP contribution in [0.25, 0.3) is 0 Å². The Morgan fingerprint density at radius 3 is 2.31 bits per heavy atom. The fraction of sp³-hybridized carbons (Fsp3) is 0.250. The Morgan fingerprint density at radius 2 is 1.72 bits per heavy atom. The molecule has 0 saturated carbocycles. The lowest BCUT2D eigenvalue weighted by atomic mass is 10.1. The normalized spacial score (nSPS) is 12.2. The molecule has 0 bridgehead atoms. The topological polar surface area (TPSA) is 108 Å². The molecule has 2 amide bonds. The number of carbonyl (C=O) groups is 2. The third-order valence-corrected chi connectivity index (χ3v) is 5.24. The molecule has 172 valence electrons. The molecule has 2 N–H and O–H groups in total. The van der Waals surface area contributed by atoms with Gasteiger partial charge in [-0.1, -0.05) is 18.2 Å². The van der Waals surface area contributed by atoms with Crippen molar-refractivity contribution in [1.29, 1.82) is 0 Å². The van der Waals surface area contributed by atoms with Crippen molar-refractivity contribution < 1.29 is 31.2 Å². The first-order chi connectivity index (χ1) is 14.8. The number of hydrazone groups is 1. The Bertz CT molecular complexity index is 1150. The van der Waals surface area contributed by atoms with E-state index >= 15 is 0 Å². The van der Waals surface area contributed by atoms with Crippen molar-refractivity contribution in [3.05, 3.63) is 59.7 Å². The molecule has 32 heavy (non-hydrogen) atoms. The van der Waals surface area contributed by atoms with E-state index in [1.54, 1.807) is 31.2 Å². The molecule has 2 aromatic carbocycles. The third-order valence-electron chi connectivity index (χ3n) is 4.10. The molecule has 0 heterocycles. The fourth-order valence-corrected chi connectivity index (χ4v) is 3.49. The van der Waals surface area contributed by atoms with Crippen LogP contribution in [0, 0.1) is 0 Å². The zero-order chi connectivity index (χ0) is 24.1. The number of hydrogen-bond acceptors (Lipinski definition) is 5. The van der Waals surface area contributed by atoms with Gasteiger partial charge in [-0.2, -0.15) is 18.3 Å². The summed E-state index contributed by atoms with van der Waals surface area (Å²) in [5, 5.41) is 6.51. The molecule has 2 aromatic rings. The van der Waals surface area contributed by atoms with Crippen LogP contribution >= 0.6 is 0 Å². The van der Waals surface area contributed by atoms with E-state index in [9.17, 15) is 31.2 Å². The molecular weight excluding hydrogens is 449 g/mol. The molecule has 2 rings (SSSR count). The minimum atomic E-state index is -4.67. The van der Waals surface area contributed by atoms with Crippen molar-refractivity contribution in [3.63, 3.8) is 0 Å². The van der Waals surface area contributed by atoms with Crippen molar-refractivity contribution in [2.75, 3.05) is 22.4 Å². The van der Waals surface area contributed by atoms with Gasteiger partial charge in [-0.25, -0.2) is 13.8 Å². The second-order valence-electron chi connectivity index (χ2n) is 6.81. The molecule has 0 aromatic heterocycles. The van der Waals surface area contributed by atoms with Gasteiger partial charge >= 0.3 is 6.18 Å². The van der Waals surface area contributed by atoms with Gasteiger partial charge in [-0.15, -0.1) is 0 Å². The lowest BCUT2D eigenvalue weighted by Crippen LogP contribution is -2.39. The van der Waals surface area contributed by atoms with Crippen LogP contribution < -0.4 is 15.0 Å². The fourth-order valence-electron chi connectivity index (χ4n) is 2.64. The van der Waals surface area contributed by atoms with Crippen LogP contribution in [0.4, 0.5) is 24.5 Å². The van der Waals surface area contributed by atoms with Gasteiger partial charge in [0.25, 0.3) is 5.91 Å². The van der Waals surface area contributed by atoms with Gasteiger partial charge in [0.05, 0.1) is 23.2 Å². The zero-order valence-corrected chi connectivity index (χ0v) is 18.2. The summed E-state index contributed by atoms with van der Waals surface area (Å²) in [6, 6.07) is 10.3. The second-order valence-corrected chi connectivity index (χ2v) is 8.72. The summed E-state index contributed by atoms with van der Waals surface area (Å²) < 4.78 is 63.7. The number of anilines is 2. The predicted molar refractivity (Wildman–Crippen MR) is 115 cm³/mol. The first-order valence-electron chi connectivity index (χ1n) is 9.13. The zero-order valence-electron chi connectivity index (χ0n) is 17.4. The molecule has 12 heteroatoms. The highest BCUT2D eigenvalue weighted by molar-refractivity contribution is 7.92. The second kappa shape index (κ2) is 9.81. The smallest absolute Gasteiger partial charge is 0.326 e. The van der Waals surface area contributed by atoms with Gasteiger partial charge in [0.1, 0.15) is 6.54 Å². The molecular formula is C20H21F3N4O4S. The molecule has 0 spiro atoms. The summed E-state index contributed by atoms with van der Waals surface area (Å²) in [6.07, 6.45) is -3.89. The number of amides is 2. The number of sulfonamides is 1. The summed E-state index contributed by atoms with van der Waals surface area (Å²) in [5.41, 5.74) is 2.30. The average Bonchev–Trinajstić information content (AvgIpc) is 2.68. The highest BCUT2D eigenvalue weighted by Crippen LogP contribution is 2.32. The average molecular weight is 470 g/mol. The number of carbonyl (C=O) groups excluding carboxylic acids is 2. The van der Waals surface area contributed by atoms with Crippen LogP contribution in [0.3, 0.4) is 0 Å². The van der Waals surface area contributed by atoms with Crippen LogP contribution in [0.1, 0.15) is 25.0 Å². The maximum atomic E-state index is 13.0. The van der Waals surface area contributed by atoms with E-state index in [1.807, 2.05) is 0 Å². The summed E-state index contributed by atoms with van der Waals surface area (Å²) in [4.78, 5) is 23.5. The Morgan fingerprint density at radius 1 is 1.06 bits per heavy atom. The van der Waals surface area contributed by atoms with Crippen LogP contribution in [-0.4, -0.2) is 38.7 Å². The van der Waals surface area contributed by atoms with Crippen molar-refractivity contribution in [2.24, 2.45) is 5.10 Å². The quantitative estimate of drug-likeness (QED) is 0.479. The van der Waals surface area contributed by atoms with Crippen LogP contribution in [0.2, 0.25) is 0 Å². The molecule has 0 radical (unpaired) electrons. The molecule has 0 unspecified atom stereocenters. The standard InChI is InChI=1S/C20H21F3N4O4S/c1-13(15-6-4-8-17(10-15)24-14(2)28)25-26-19(29)12-27(32(3,30)31)18-9-5-7-16(11-18)20(21,22)23/h4-11H,12H2,1-3H3,(H,24,28)(H,26,29). The van der Waals surface area contributed by atoms with E-state index in [0.29, 0.717) is 27.3 Å². The van der Waals surface area contributed by atoms with Crippen LogP contribution in [-0.2, 0) is 25.8 Å². The van der Waals surface area contributed by atoms with E-state index in [2.05, 4.69) is 15.8 Å². The molecule has 0 saturated heterocycles. The molecule has 0 aliphatic carbocycles. The largest absolute Gasteiger partial charge is 0.416 e. The highest BCUT2D eigenvalue weighted by Gasteiger charge is 2.32. The summed E-state index contributed by atoms with van der Waals surface area (Å²) in [5.74, 6) is -1.12. The van der Waals surface area contributed by atoms with E-state index < -0.39 is 34.2 Å². The molecule has 0 aliphatic rings. The molecule has 0 aliphatic heterocycles. The number of benzene rings is 2. The van der Waals surface area contributed by atoms with Gasteiger partial charge in [-0.3, -0.25) is 13.9 Å². The number of nitrogens with zero attached hydrogens (tertiary/aromatic N) is 2. The highest BCUT2D eigenvalue weighted by atomic mass is 32.2. The summed E-state index contributed by atoms with van der Waals surface area (Å²) >= 11 is 0. The number of hydrogen-bond donors (Lipinski definition) is 2. The predicted octanol–water partition coefficient (Wildman–Crippen LogP) is 2.97. The number of halogens is 3. The van der Waals surface area contributed by atoms with Gasteiger partial charge in [0, 0.05) is 12.6 Å². The SMILES string of the molecule is CC(=O)Nc1cccc(C(C)=NNC(=O)CN(c2cccc(C(F)(F)F)c2)S(C)(=O)=O)c1. The Labute approximate surface area is 183 Å². The summed E-state index contributed by atoms with van der Waals surface area (Å²) in [6.45, 7) is 2.16. The first-order valence-corrected chi connectivity index (χ1v) is 11.0. The van der Waals surface area contributed by atoms with E-state index in [4.69, 9.17) is 0 Å². The minimum Gasteiger partial charge on any atom is -0.326 e. The lowest BCUT2D eigenvalue weighted by Gasteiger charge is -2.22. The number of rotatable bonds is 7. The number of nitrogens with one attached hydrogen (secondary N) is 2. The van der Waals surface area contributed by atoms with Crippen LogP contribution in [0.5, 0.6) is 0 Å². The molecule has 8 nitrogen and oxygen atoms in total.